The molecule has 0 aromatic carbocycles. The Morgan fingerprint density at radius 2 is 2.05 bits per heavy atom. The molecule has 0 radical (unpaired) electrons. The van der Waals surface area contributed by atoms with Crippen LogP contribution in [0.5, 0.6) is 0 Å². The first-order chi connectivity index (χ1) is 9.53. The number of nitrogens with zero attached hydrogens (tertiary/aromatic N) is 2. The summed E-state index contributed by atoms with van der Waals surface area (Å²) in [5, 5.41) is 5.74. The average Bonchev–Trinajstić information content (AvgIpc) is 2.75. The average molecular weight is 295 g/mol. The van der Waals surface area contributed by atoms with Crippen LogP contribution in [-0.2, 0) is 6.54 Å². The van der Waals surface area contributed by atoms with E-state index in [1.54, 1.807) is 0 Å². The van der Waals surface area contributed by atoms with Crippen LogP contribution in [0.25, 0.3) is 0 Å². The standard InChI is InChI=1S/C16H29N3S/c1-14-6-11-20-15(14)12-17-9-10-19(4)13-16(18(2)3)7-5-8-16/h6,11,17H,5,7-10,12-13H2,1-4H3. The molecule has 1 fully saturated rings. The second kappa shape index (κ2) is 7.03. The number of aryl methyl sites for hydroxylation is 1. The zero-order valence-corrected chi connectivity index (χ0v) is 14.2. The van der Waals surface area contributed by atoms with Crippen molar-refractivity contribution in [2.24, 2.45) is 0 Å². The van der Waals surface area contributed by atoms with Crippen LogP contribution >= 0.6 is 11.3 Å². The third-order valence-electron chi connectivity index (χ3n) is 4.72. The van der Waals surface area contributed by atoms with Crippen molar-refractivity contribution in [1.82, 2.24) is 15.1 Å². The van der Waals surface area contributed by atoms with Gasteiger partial charge in [-0.25, -0.2) is 0 Å². The van der Waals surface area contributed by atoms with Gasteiger partial charge in [0.25, 0.3) is 0 Å². The quantitative estimate of drug-likeness (QED) is 0.744. The highest BCUT2D eigenvalue weighted by molar-refractivity contribution is 7.10. The maximum absolute atomic E-state index is 3.57. The fraction of sp³-hybridized carbons (Fsp3) is 0.750. The van der Waals surface area contributed by atoms with E-state index in [-0.39, 0.29) is 0 Å². The number of rotatable bonds is 8. The van der Waals surface area contributed by atoms with Crippen molar-refractivity contribution in [1.29, 1.82) is 0 Å². The van der Waals surface area contributed by atoms with Gasteiger partial charge in [-0.05, 0) is 64.3 Å². The van der Waals surface area contributed by atoms with Gasteiger partial charge in [0.2, 0.25) is 0 Å². The number of thiophene rings is 1. The summed E-state index contributed by atoms with van der Waals surface area (Å²) in [6.45, 7) is 6.59. The Labute approximate surface area is 128 Å². The van der Waals surface area contributed by atoms with Gasteiger partial charge in [0.15, 0.2) is 0 Å². The minimum Gasteiger partial charge on any atom is -0.311 e. The molecule has 1 aliphatic rings. The summed E-state index contributed by atoms with van der Waals surface area (Å²) in [7, 11) is 6.71. The van der Waals surface area contributed by atoms with Gasteiger partial charge in [0, 0.05) is 36.6 Å². The topological polar surface area (TPSA) is 18.5 Å². The Balaban J connectivity index is 1.65. The van der Waals surface area contributed by atoms with Gasteiger partial charge in [-0.15, -0.1) is 11.3 Å². The lowest BCUT2D eigenvalue weighted by molar-refractivity contribution is 0.0282. The second-order valence-electron chi connectivity index (χ2n) is 6.41. The molecule has 0 amide bonds. The summed E-state index contributed by atoms with van der Waals surface area (Å²) < 4.78 is 0. The molecule has 2 rings (SSSR count). The van der Waals surface area contributed by atoms with Crippen LogP contribution in [0.2, 0.25) is 0 Å². The molecule has 1 heterocycles. The van der Waals surface area contributed by atoms with Crippen LogP contribution in [0.4, 0.5) is 0 Å². The largest absolute Gasteiger partial charge is 0.311 e. The van der Waals surface area contributed by atoms with Crippen LogP contribution in [0.3, 0.4) is 0 Å². The van der Waals surface area contributed by atoms with E-state index in [0.29, 0.717) is 5.54 Å². The maximum Gasteiger partial charge on any atom is 0.0330 e. The maximum atomic E-state index is 3.57. The fourth-order valence-electron chi connectivity index (χ4n) is 2.97. The first kappa shape index (κ1) is 16.0. The van der Waals surface area contributed by atoms with E-state index in [1.807, 2.05) is 11.3 Å². The molecule has 1 aliphatic carbocycles. The summed E-state index contributed by atoms with van der Waals surface area (Å²) in [5.74, 6) is 0. The second-order valence-corrected chi connectivity index (χ2v) is 7.41. The van der Waals surface area contributed by atoms with Crippen LogP contribution in [0, 0.1) is 6.92 Å². The zero-order valence-electron chi connectivity index (χ0n) is 13.4. The van der Waals surface area contributed by atoms with Crippen molar-refractivity contribution in [3.05, 3.63) is 21.9 Å². The van der Waals surface area contributed by atoms with Crippen molar-refractivity contribution in [2.75, 3.05) is 40.8 Å². The Kier molecular flexibility index (Phi) is 5.61. The molecular formula is C16H29N3S. The van der Waals surface area contributed by atoms with Crippen molar-refractivity contribution in [3.63, 3.8) is 0 Å². The Bertz CT molecular complexity index is 410. The number of likely N-dealkylation sites (N-methyl/N-ethyl adjacent to an activating group) is 2. The van der Waals surface area contributed by atoms with Crippen molar-refractivity contribution >= 4 is 11.3 Å². The Hall–Kier alpha value is -0.420. The number of hydrogen-bond acceptors (Lipinski definition) is 4. The molecule has 3 nitrogen and oxygen atoms in total. The van der Waals surface area contributed by atoms with Crippen LogP contribution in [-0.4, -0.2) is 56.1 Å². The van der Waals surface area contributed by atoms with Gasteiger partial charge in [-0.3, -0.25) is 0 Å². The highest BCUT2D eigenvalue weighted by Gasteiger charge is 2.39. The first-order valence-corrected chi connectivity index (χ1v) is 8.51. The summed E-state index contributed by atoms with van der Waals surface area (Å²) in [4.78, 5) is 6.37. The third kappa shape index (κ3) is 3.82. The molecule has 20 heavy (non-hydrogen) atoms. The van der Waals surface area contributed by atoms with E-state index >= 15 is 0 Å². The van der Waals surface area contributed by atoms with Gasteiger partial charge < -0.3 is 15.1 Å². The lowest BCUT2D eigenvalue weighted by atomic mass is 9.75. The Morgan fingerprint density at radius 3 is 2.55 bits per heavy atom. The van der Waals surface area contributed by atoms with Crippen LogP contribution in [0.1, 0.15) is 29.7 Å². The van der Waals surface area contributed by atoms with Crippen LogP contribution < -0.4 is 5.32 Å². The smallest absolute Gasteiger partial charge is 0.0330 e. The normalized spacial score (nSPS) is 17.7. The van der Waals surface area contributed by atoms with E-state index in [9.17, 15) is 0 Å². The molecule has 0 saturated heterocycles. The molecular weight excluding hydrogens is 266 g/mol. The molecule has 1 aromatic heterocycles. The molecule has 114 valence electrons. The number of nitrogens with one attached hydrogen (secondary N) is 1. The van der Waals surface area contributed by atoms with Crippen LogP contribution in [0.15, 0.2) is 11.4 Å². The molecule has 1 saturated carbocycles. The molecule has 0 unspecified atom stereocenters. The molecule has 0 bridgehead atoms. The van der Waals surface area contributed by atoms with Crippen molar-refractivity contribution in [2.45, 2.75) is 38.3 Å². The third-order valence-corrected chi connectivity index (χ3v) is 5.74. The number of hydrogen-bond donors (Lipinski definition) is 1. The predicted octanol–water partition coefficient (Wildman–Crippen LogP) is 2.56. The molecule has 0 atom stereocenters. The zero-order chi connectivity index (χ0) is 14.6. The summed E-state index contributed by atoms with van der Waals surface area (Å²) in [6.07, 6.45) is 4.10. The van der Waals surface area contributed by atoms with Gasteiger partial charge >= 0.3 is 0 Å². The highest BCUT2D eigenvalue weighted by atomic mass is 32.1. The van der Waals surface area contributed by atoms with Crippen molar-refractivity contribution in [3.8, 4) is 0 Å². The predicted molar refractivity (Wildman–Crippen MR) is 88.5 cm³/mol. The summed E-state index contributed by atoms with van der Waals surface area (Å²) >= 11 is 1.85. The lowest BCUT2D eigenvalue weighted by Crippen LogP contribution is -2.57. The van der Waals surface area contributed by atoms with E-state index in [2.05, 4.69) is 54.6 Å². The molecule has 4 heteroatoms. The molecule has 0 aliphatic heterocycles. The summed E-state index contributed by atoms with van der Waals surface area (Å²) in [6, 6.07) is 2.20. The lowest BCUT2D eigenvalue weighted by Gasteiger charge is -2.49. The SMILES string of the molecule is Cc1ccsc1CNCCN(C)CC1(N(C)C)CCC1. The first-order valence-electron chi connectivity index (χ1n) is 7.63. The van der Waals surface area contributed by atoms with E-state index in [4.69, 9.17) is 0 Å². The van der Waals surface area contributed by atoms with Gasteiger partial charge in [0.1, 0.15) is 0 Å². The monoisotopic (exact) mass is 295 g/mol. The van der Waals surface area contributed by atoms with E-state index in [1.165, 1.54) is 36.2 Å². The highest BCUT2D eigenvalue weighted by Crippen LogP contribution is 2.36. The molecule has 1 N–H and O–H groups in total. The van der Waals surface area contributed by atoms with Gasteiger partial charge in [-0.1, -0.05) is 0 Å². The van der Waals surface area contributed by atoms with Crippen molar-refractivity contribution < 1.29 is 0 Å². The minimum absolute atomic E-state index is 0.444. The molecule has 1 aromatic rings. The van der Waals surface area contributed by atoms with E-state index < -0.39 is 0 Å². The van der Waals surface area contributed by atoms with Gasteiger partial charge in [-0.2, -0.15) is 0 Å². The Morgan fingerprint density at radius 1 is 1.30 bits per heavy atom. The van der Waals surface area contributed by atoms with E-state index in [0.717, 1.165) is 19.6 Å². The van der Waals surface area contributed by atoms with Gasteiger partial charge in [0.05, 0.1) is 0 Å². The summed E-state index contributed by atoms with van der Waals surface area (Å²) in [5.41, 5.74) is 1.86. The molecule has 0 spiro atoms. The fourth-order valence-corrected chi connectivity index (χ4v) is 3.85. The minimum atomic E-state index is 0.444.